The zero-order chi connectivity index (χ0) is 22.1. The van der Waals surface area contributed by atoms with E-state index in [1.54, 1.807) is 12.1 Å². The van der Waals surface area contributed by atoms with Gasteiger partial charge in [0.1, 0.15) is 5.75 Å². The molecule has 2 aromatic carbocycles. The van der Waals surface area contributed by atoms with E-state index in [9.17, 15) is 9.90 Å². The molecule has 0 radical (unpaired) electrons. The minimum absolute atomic E-state index is 0.0744. The maximum atomic E-state index is 13.2. The monoisotopic (exact) mass is 450 g/mol. The zero-order valence-corrected chi connectivity index (χ0v) is 18.8. The van der Waals surface area contributed by atoms with Gasteiger partial charge in [-0.1, -0.05) is 30.0 Å². The second kappa shape index (κ2) is 8.96. The average molecular weight is 451 g/mol. The summed E-state index contributed by atoms with van der Waals surface area (Å²) in [5, 5.41) is 19.2. The van der Waals surface area contributed by atoms with Crippen molar-refractivity contribution in [3.8, 4) is 17.1 Å². The number of hydrogen-bond acceptors (Lipinski definition) is 6. The number of carbonyl (C=O) groups excluding carboxylic acids is 1. The van der Waals surface area contributed by atoms with Crippen molar-refractivity contribution in [2.24, 2.45) is 0 Å². The quantitative estimate of drug-likeness (QED) is 0.574. The van der Waals surface area contributed by atoms with E-state index in [-0.39, 0.29) is 29.6 Å². The lowest BCUT2D eigenvalue weighted by molar-refractivity contribution is -0.116. The van der Waals surface area contributed by atoms with Gasteiger partial charge in [-0.25, -0.2) is 0 Å². The first-order valence-electron chi connectivity index (χ1n) is 11.0. The van der Waals surface area contributed by atoms with Crippen LogP contribution >= 0.6 is 11.8 Å². The van der Waals surface area contributed by atoms with Crippen molar-refractivity contribution in [1.82, 2.24) is 14.8 Å². The number of anilines is 1. The summed E-state index contributed by atoms with van der Waals surface area (Å²) in [5.74, 6) is 1.29. The molecule has 32 heavy (non-hydrogen) atoms. The summed E-state index contributed by atoms with van der Waals surface area (Å²) in [5.41, 5.74) is 3.10. The highest BCUT2D eigenvalue weighted by Crippen LogP contribution is 2.33. The molecule has 1 saturated heterocycles. The highest BCUT2D eigenvalue weighted by molar-refractivity contribution is 7.99. The number of benzene rings is 2. The summed E-state index contributed by atoms with van der Waals surface area (Å²) in [4.78, 5) is 15.1. The van der Waals surface area contributed by atoms with Gasteiger partial charge >= 0.3 is 0 Å². The number of fused-ring (bicyclic) bond motifs is 1. The summed E-state index contributed by atoms with van der Waals surface area (Å²) >= 11 is 1.41. The van der Waals surface area contributed by atoms with E-state index >= 15 is 0 Å². The Labute approximate surface area is 191 Å². The summed E-state index contributed by atoms with van der Waals surface area (Å²) < 4.78 is 7.89. The van der Waals surface area contributed by atoms with Gasteiger partial charge in [0, 0.05) is 23.9 Å². The number of phenols is 1. The number of nitrogens with zero attached hydrogens (tertiary/aromatic N) is 4. The summed E-state index contributed by atoms with van der Waals surface area (Å²) in [6.07, 6.45) is 3.04. The Morgan fingerprint density at radius 2 is 2.00 bits per heavy atom. The van der Waals surface area contributed by atoms with Crippen LogP contribution in [-0.4, -0.2) is 50.3 Å². The van der Waals surface area contributed by atoms with Gasteiger partial charge in [0.15, 0.2) is 11.0 Å². The molecule has 0 aliphatic carbocycles. The van der Waals surface area contributed by atoms with Crippen LogP contribution in [-0.2, 0) is 22.5 Å². The first-order valence-corrected chi connectivity index (χ1v) is 12.0. The number of phenolic OH excluding ortho intramolecular Hbond substituents is 1. The van der Waals surface area contributed by atoms with E-state index in [1.807, 2.05) is 39.8 Å². The van der Waals surface area contributed by atoms with Crippen molar-refractivity contribution in [3.05, 3.63) is 54.1 Å². The van der Waals surface area contributed by atoms with Gasteiger partial charge in [0.2, 0.25) is 5.91 Å². The van der Waals surface area contributed by atoms with Gasteiger partial charge in [-0.15, -0.1) is 10.2 Å². The van der Waals surface area contributed by atoms with Gasteiger partial charge in [-0.3, -0.25) is 9.36 Å². The molecule has 5 rings (SSSR count). The van der Waals surface area contributed by atoms with E-state index in [4.69, 9.17) is 4.74 Å². The molecule has 7 nitrogen and oxygen atoms in total. The molecule has 2 atom stereocenters. The number of thioether (sulfide) groups is 1. The Bertz CT molecular complexity index is 1110. The highest BCUT2D eigenvalue weighted by atomic mass is 32.2. The predicted octanol–water partition coefficient (Wildman–Crippen LogP) is 3.90. The SMILES string of the molecule is C[C@H]1Cc2ccccc2N1C(=O)CSc1nnc(-c2ccc(O)cc2)n1C[C@@H]1CCCO1. The lowest BCUT2D eigenvalue weighted by atomic mass is 10.1. The molecule has 0 spiro atoms. The van der Waals surface area contributed by atoms with Crippen molar-refractivity contribution in [1.29, 1.82) is 0 Å². The fraction of sp³-hybridized carbons (Fsp3) is 0.375. The molecule has 1 N–H and O–H groups in total. The number of carbonyl (C=O) groups is 1. The molecule has 1 amide bonds. The Morgan fingerprint density at radius 3 is 2.78 bits per heavy atom. The van der Waals surface area contributed by atoms with Crippen LogP contribution in [0.5, 0.6) is 5.75 Å². The van der Waals surface area contributed by atoms with E-state index in [0.29, 0.717) is 11.7 Å². The third-order valence-electron chi connectivity index (χ3n) is 6.05. The number of amides is 1. The fourth-order valence-electron chi connectivity index (χ4n) is 4.52. The third-order valence-corrected chi connectivity index (χ3v) is 7.00. The van der Waals surface area contributed by atoms with E-state index < -0.39 is 0 Å². The van der Waals surface area contributed by atoms with Gasteiger partial charge in [0.05, 0.1) is 18.4 Å². The maximum absolute atomic E-state index is 13.2. The highest BCUT2D eigenvalue weighted by Gasteiger charge is 2.31. The van der Waals surface area contributed by atoms with Crippen LogP contribution in [0.1, 0.15) is 25.3 Å². The number of para-hydroxylation sites is 1. The van der Waals surface area contributed by atoms with Crippen molar-refractivity contribution in [2.75, 3.05) is 17.3 Å². The first-order chi connectivity index (χ1) is 15.6. The van der Waals surface area contributed by atoms with Gasteiger partial charge < -0.3 is 14.7 Å². The molecule has 2 aliphatic heterocycles. The van der Waals surface area contributed by atoms with Gasteiger partial charge in [-0.05, 0) is 62.1 Å². The molecule has 0 bridgehead atoms. The van der Waals surface area contributed by atoms with E-state index in [2.05, 4.69) is 23.2 Å². The van der Waals surface area contributed by atoms with Crippen molar-refractivity contribution >= 4 is 23.4 Å². The fourth-order valence-corrected chi connectivity index (χ4v) is 5.32. The smallest absolute Gasteiger partial charge is 0.237 e. The largest absolute Gasteiger partial charge is 0.508 e. The number of hydrogen-bond donors (Lipinski definition) is 1. The Morgan fingerprint density at radius 1 is 1.19 bits per heavy atom. The normalized spacial score (nSPS) is 20.0. The van der Waals surface area contributed by atoms with Crippen molar-refractivity contribution < 1.29 is 14.6 Å². The topological polar surface area (TPSA) is 80.5 Å². The number of aromatic hydroxyl groups is 1. The standard InChI is InChI=1S/C24H26N4O3S/c1-16-13-18-5-2-3-7-21(18)28(16)22(30)15-32-24-26-25-23(17-8-10-19(29)11-9-17)27(24)14-20-6-4-12-31-20/h2-3,5,7-11,16,20,29H,4,6,12-15H2,1H3/t16-,20-/m0/s1. The first kappa shape index (κ1) is 21.0. The number of rotatable bonds is 6. The lowest BCUT2D eigenvalue weighted by Gasteiger charge is -2.22. The second-order valence-electron chi connectivity index (χ2n) is 8.33. The zero-order valence-electron chi connectivity index (χ0n) is 18.0. The molecule has 1 fully saturated rings. The molecule has 2 aliphatic rings. The van der Waals surface area contributed by atoms with Crippen molar-refractivity contribution in [3.63, 3.8) is 0 Å². The molecule has 1 aromatic heterocycles. The van der Waals surface area contributed by atoms with Crippen LogP contribution in [0.2, 0.25) is 0 Å². The summed E-state index contributed by atoms with van der Waals surface area (Å²) in [6, 6.07) is 15.2. The van der Waals surface area contributed by atoms with Crippen molar-refractivity contribution in [2.45, 2.75) is 50.0 Å². The molecule has 3 aromatic rings. The number of aromatic nitrogens is 3. The second-order valence-corrected chi connectivity index (χ2v) is 9.28. The molecule has 166 valence electrons. The minimum Gasteiger partial charge on any atom is -0.508 e. The van der Waals surface area contributed by atoms with Crippen LogP contribution in [0.25, 0.3) is 11.4 Å². The van der Waals surface area contributed by atoms with Crippen LogP contribution < -0.4 is 4.90 Å². The molecule has 8 heteroatoms. The lowest BCUT2D eigenvalue weighted by Crippen LogP contribution is -2.37. The third kappa shape index (κ3) is 4.12. The van der Waals surface area contributed by atoms with Crippen LogP contribution in [0.3, 0.4) is 0 Å². The minimum atomic E-state index is 0.0744. The van der Waals surface area contributed by atoms with Crippen LogP contribution in [0, 0.1) is 0 Å². The number of ether oxygens (including phenoxy) is 1. The summed E-state index contributed by atoms with van der Waals surface area (Å²) in [6.45, 7) is 3.50. The maximum Gasteiger partial charge on any atom is 0.237 e. The Balaban J connectivity index is 1.37. The Kier molecular flexibility index (Phi) is 5.89. The van der Waals surface area contributed by atoms with E-state index in [1.165, 1.54) is 17.3 Å². The summed E-state index contributed by atoms with van der Waals surface area (Å²) in [7, 11) is 0. The average Bonchev–Trinajstić information content (AvgIpc) is 3.52. The Hall–Kier alpha value is -2.84. The van der Waals surface area contributed by atoms with Crippen LogP contribution in [0.15, 0.2) is 53.7 Å². The molecule has 3 heterocycles. The van der Waals surface area contributed by atoms with Gasteiger partial charge in [0.25, 0.3) is 0 Å². The van der Waals surface area contributed by atoms with E-state index in [0.717, 1.165) is 42.9 Å². The van der Waals surface area contributed by atoms with Gasteiger partial charge in [-0.2, -0.15) is 0 Å². The van der Waals surface area contributed by atoms with Crippen LogP contribution in [0.4, 0.5) is 5.69 Å². The molecule has 0 unspecified atom stereocenters. The molecular formula is C24H26N4O3S. The molecule has 0 saturated carbocycles. The predicted molar refractivity (Wildman–Crippen MR) is 124 cm³/mol. The molecular weight excluding hydrogens is 424 g/mol.